The molecule has 0 spiro atoms. The van der Waals surface area contributed by atoms with Crippen LogP contribution in [0.2, 0.25) is 0 Å². The molecule has 160 valence electrons. The predicted octanol–water partition coefficient (Wildman–Crippen LogP) is 4.65. The Labute approximate surface area is 188 Å². The quantitative estimate of drug-likeness (QED) is 0.436. The van der Waals surface area contributed by atoms with Crippen LogP contribution in [0.1, 0.15) is 23.3 Å². The molecule has 0 amide bonds. The normalized spacial score (nSPS) is 15.3. The van der Waals surface area contributed by atoms with E-state index in [1.165, 1.54) is 24.9 Å². The van der Waals surface area contributed by atoms with Crippen LogP contribution in [0.3, 0.4) is 0 Å². The van der Waals surface area contributed by atoms with Crippen molar-refractivity contribution in [2.45, 2.75) is 25.5 Å². The Morgan fingerprint density at radius 3 is 2.97 bits per heavy atom. The number of hydrogen-bond donors (Lipinski definition) is 2. The van der Waals surface area contributed by atoms with Crippen LogP contribution in [0.5, 0.6) is 5.88 Å². The van der Waals surface area contributed by atoms with E-state index >= 15 is 0 Å². The highest BCUT2D eigenvalue weighted by Gasteiger charge is 2.12. The number of benzene rings is 1. The fourth-order valence-corrected chi connectivity index (χ4v) is 4.35. The number of nitrogens with zero attached hydrogens (tertiary/aromatic N) is 3. The maximum Gasteiger partial charge on any atom is 0.213 e. The molecule has 0 saturated carbocycles. The van der Waals surface area contributed by atoms with Gasteiger partial charge in [-0.05, 0) is 49.2 Å². The Kier molecular flexibility index (Phi) is 5.92. The highest BCUT2D eigenvalue weighted by Crippen LogP contribution is 2.30. The fraction of sp³-hybridized carbons (Fsp3) is 0.208. The molecule has 1 aliphatic rings. The lowest BCUT2D eigenvalue weighted by molar-refractivity contribution is 0.293. The van der Waals surface area contributed by atoms with Crippen molar-refractivity contribution >= 4 is 33.1 Å². The Bertz CT molecular complexity index is 1290. The number of rotatable bonds is 5. The summed E-state index contributed by atoms with van der Waals surface area (Å²) in [4.78, 5) is 14.1. The van der Waals surface area contributed by atoms with E-state index in [2.05, 4.69) is 37.4 Å². The Morgan fingerprint density at radius 1 is 1.19 bits per heavy atom. The van der Waals surface area contributed by atoms with Crippen LogP contribution in [0.4, 0.5) is 15.9 Å². The van der Waals surface area contributed by atoms with E-state index in [9.17, 15) is 4.39 Å². The molecule has 4 heterocycles. The third-order valence-electron chi connectivity index (χ3n) is 5.02. The van der Waals surface area contributed by atoms with Crippen molar-refractivity contribution in [3.8, 4) is 17.7 Å². The molecule has 6 nitrogen and oxygen atoms in total. The zero-order valence-electron chi connectivity index (χ0n) is 17.1. The lowest BCUT2D eigenvalue weighted by atomic mass is 10.2. The molecule has 2 N–H and O–H groups in total. The summed E-state index contributed by atoms with van der Waals surface area (Å²) in [7, 11) is 0. The molecule has 0 unspecified atom stereocenters. The van der Waals surface area contributed by atoms with Crippen LogP contribution in [-0.2, 0) is 6.61 Å². The minimum absolute atomic E-state index is 0.249. The molecule has 3 aromatic heterocycles. The van der Waals surface area contributed by atoms with Crippen molar-refractivity contribution in [2.24, 2.45) is 0 Å². The van der Waals surface area contributed by atoms with Crippen LogP contribution in [-0.4, -0.2) is 27.5 Å². The largest absolute Gasteiger partial charge is 0.473 e. The first-order valence-corrected chi connectivity index (χ1v) is 11.1. The van der Waals surface area contributed by atoms with E-state index in [0.29, 0.717) is 11.7 Å². The van der Waals surface area contributed by atoms with Gasteiger partial charge >= 0.3 is 0 Å². The van der Waals surface area contributed by atoms with E-state index in [1.54, 1.807) is 29.7 Å². The topological polar surface area (TPSA) is 72.0 Å². The first kappa shape index (κ1) is 20.4. The molecule has 0 bridgehead atoms. The number of anilines is 2. The molecule has 1 aliphatic heterocycles. The molecule has 1 aromatic carbocycles. The van der Waals surface area contributed by atoms with E-state index in [0.717, 1.165) is 39.3 Å². The smallest absolute Gasteiger partial charge is 0.213 e. The summed E-state index contributed by atoms with van der Waals surface area (Å²) < 4.78 is 19.9. The Morgan fingerprint density at radius 2 is 2.16 bits per heavy atom. The van der Waals surface area contributed by atoms with Gasteiger partial charge in [-0.1, -0.05) is 24.0 Å². The summed E-state index contributed by atoms with van der Waals surface area (Å²) >= 11 is 1.57. The van der Waals surface area contributed by atoms with Gasteiger partial charge in [0, 0.05) is 6.07 Å². The molecule has 1 saturated heterocycles. The lowest BCUT2D eigenvalue weighted by Crippen LogP contribution is -2.18. The van der Waals surface area contributed by atoms with Gasteiger partial charge in [0.25, 0.3) is 0 Å². The standard InChI is InChI=1S/C24H20FN5OS/c25-17-4-1-3-16(11-17)14-31-22-9-7-19(13-27-22)30-24-23-21(28-15-29-24)12-20(32-23)8-6-18-5-2-10-26-18/h1,3-4,7,9,11-13,15,18,26H,2,5,10,14H2,(H,28,29,30)/t18-/m1/s1. The van der Waals surface area contributed by atoms with Crippen LogP contribution in [0, 0.1) is 17.7 Å². The van der Waals surface area contributed by atoms with Crippen LogP contribution < -0.4 is 15.4 Å². The number of thiophene rings is 1. The highest BCUT2D eigenvalue weighted by atomic mass is 32.1. The molecule has 32 heavy (non-hydrogen) atoms. The molecule has 4 aromatic rings. The Hall–Kier alpha value is -3.54. The third-order valence-corrected chi connectivity index (χ3v) is 6.06. The van der Waals surface area contributed by atoms with Crippen molar-refractivity contribution in [3.05, 3.63) is 71.2 Å². The highest BCUT2D eigenvalue weighted by molar-refractivity contribution is 7.20. The van der Waals surface area contributed by atoms with E-state index in [4.69, 9.17) is 4.74 Å². The van der Waals surface area contributed by atoms with Gasteiger partial charge in [0.05, 0.1) is 33.0 Å². The minimum atomic E-state index is -0.285. The number of fused-ring (bicyclic) bond motifs is 1. The van der Waals surface area contributed by atoms with Gasteiger partial charge in [0.15, 0.2) is 5.82 Å². The van der Waals surface area contributed by atoms with E-state index in [1.807, 2.05) is 18.2 Å². The molecular weight excluding hydrogens is 425 g/mol. The summed E-state index contributed by atoms with van der Waals surface area (Å²) in [5.74, 6) is 7.45. The van der Waals surface area contributed by atoms with E-state index < -0.39 is 0 Å². The van der Waals surface area contributed by atoms with Gasteiger partial charge in [-0.25, -0.2) is 19.3 Å². The first-order valence-electron chi connectivity index (χ1n) is 10.3. The summed E-state index contributed by atoms with van der Waals surface area (Å²) in [5.41, 5.74) is 2.39. The zero-order valence-corrected chi connectivity index (χ0v) is 18.0. The van der Waals surface area contributed by atoms with Gasteiger partial charge in [-0.2, -0.15) is 0 Å². The van der Waals surface area contributed by atoms with Crippen molar-refractivity contribution in [1.82, 2.24) is 20.3 Å². The van der Waals surface area contributed by atoms with E-state index in [-0.39, 0.29) is 18.5 Å². The zero-order chi connectivity index (χ0) is 21.8. The first-order chi connectivity index (χ1) is 15.7. The third kappa shape index (κ3) is 4.85. The second-order valence-corrected chi connectivity index (χ2v) is 8.45. The molecule has 5 rings (SSSR count). The molecule has 0 radical (unpaired) electrons. The molecular formula is C24H20FN5OS. The second-order valence-electron chi connectivity index (χ2n) is 7.39. The van der Waals surface area contributed by atoms with Gasteiger partial charge in [0.1, 0.15) is 18.8 Å². The molecule has 8 heteroatoms. The van der Waals surface area contributed by atoms with Crippen molar-refractivity contribution in [2.75, 3.05) is 11.9 Å². The van der Waals surface area contributed by atoms with Gasteiger partial charge in [-0.3, -0.25) is 0 Å². The number of halogens is 1. The predicted molar refractivity (Wildman–Crippen MR) is 124 cm³/mol. The van der Waals surface area contributed by atoms with Crippen LogP contribution in [0.15, 0.2) is 55.0 Å². The number of hydrogen-bond acceptors (Lipinski definition) is 7. The summed E-state index contributed by atoms with van der Waals surface area (Å²) in [6.45, 7) is 1.29. The van der Waals surface area contributed by atoms with Gasteiger partial charge < -0.3 is 15.4 Å². The molecule has 0 aliphatic carbocycles. The minimum Gasteiger partial charge on any atom is -0.473 e. The maximum absolute atomic E-state index is 13.3. The molecule has 1 fully saturated rings. The summed E-state index contributed by atoms with van der Waals surface area (Å²) in [6.07, 6.45) is 5.49. The number of nitrogens with one attached hydrogen (secondary N) is 2. The Balaban J connectivity index is 1.27. The average Bonchev–Trinajstić information content (AvgIpc) is 3.47. The second kappa shape index (κ2) is 9.30. The number of pyridine rings is 1. The summed E-state index contributed by atoms with van der Waals surface area (Å²) in [6, 6.07) is 12.2. The number of aromatic nitrogens is 3. The lowest BCUT2D eigenvalue weighted by Gasteiger charge is -2.08. The summed E-state index contributed by atoms with van der Waals surface area (Å²) in [5, 5.41) is 6.68. The van der Waals surface area contributed by atoms with Gasteiger partial charge in [0.2, 0.25) is 5.88 Å². The van der Waals surface area contributed by atoms with Crippen LogP contribution >= 0.6 is 11.3 Å². The van der Waals surface area contributed by atoms with Crippen molar-refractivity contribution < 1.29 is 9.13 Å². The monoisotopic (exact) mass is 445 g/mol. The van der Waals surface area contributed by atoms with Crippen molar-refractivity contribution in [1.29, 1.82) is 0 Å². The van der Waals surface area contributed by atoms with Gasteiger partial charge in [-0.15, -0.1) is 11.3 Å². The van der Waals surface area contributed by atoms with Crippen LogP contribution in [0.25, 0.3) is 10.2 Å². The number of ether oxygens (including phenoxy) is 1. The fourth-order valence-electron chi connectivity index (χ4n) is 3.43. The average molecular weight is 446 g/mol. The SMILES string of the molecule is Fc1cccc(COc2ccc(Nc3ncnc4cc(C#C[C@H]5CCCN5)sc34)cn2)c1. The molecule has 1 atom stereocenters. The maximum atomic E-state index is 13.3. The van der Waals surface area contributed by atoms with Crippen molar-refractivity contribution in [3.63, 3.8) is 0 Å².